The van der Waals surface area contributed by atoms with Gasteiger partial charge in [0.1, 0.15) is 0 Å². The zero-order valence-corrected chi connectivity index (χ0v) is 19.3. The molecule has 1 N–H and O–H groups in total. The quantitative estimate of drug-likeness (QED) is 0.283. The van der Waals surface area contributed by atoms with Gasteiger partial charge in [0.15, 0.2) is 0 Å². The van der Waals surface area contributed by atoms with Crippen LogP contribution in [0.15, 0.2) is 121 Å². The second-order valence-electron chi connectivity index (χ2n) is 8.87. The van der Waals surface area contributed by atoms with Crippen molar-refractivity contribution in [3.8, 4) is 0 Å². The van der Waals surface area contributed by atoms with Gasteiger partial charge in [-0.3, -0.25) is 4.90 Å². The fraction of sp³-hybridized carbons (Fsp3) is 0.161. The van der Waals surface area contributed by atoms with E-state index >= 15 is 0 Å². The number of rotatable bonds is 9. The maximum atomic E-state index is 11.0. The van der Waals surface area contributed by atoms with Crippen LogP contribution in [0, 0.1) is 0 Å². The summed E-state index contributed by atoms with van der Waals surface area (Å²) in [7, 11) is 0. The fourth-order valence-electron chi connectivity index (χ4n) is 4.65. The molecule has 5 aromatic rings. The topological polar surface area (TPSA) is 28.4 Å². The molecule has 0 aliphatic heterocycles. The smallest absolute Gasteiger partial charge is 0.0917 e. The molecule has 0 spiro atoms. The molecule has 1 unspecified atom stereocenters. The van der Waals surface area contributed by atoms with E-state index in [0.29, 0.717) is 6.54 Å². The Bertz CT molecular complexity index is 1310. The summed E-state index contributed by atoms with van der Waals surface area (Å²) in [5.41, 5.74) is 6.01. The van der Waals surface area contributed by atoms with Crippen molar-refractivity contribution >= 4 is 10.9 Å². The average Bonchev–Trinajstić information content (AvgIpc) is 3.22. The number of nitrogens with zero attached hydrogens (tertiary/aromatic N) is 2. The Morgan fingerprint density at radius 1 is 0.647 bits per heavy atom. The van der Waals surface area contributed by atoms with Gasteiger partial charge in [-0.2, -0.15) is 0 Å². The minimum absolute atomic E-state index is 0.539. The molecular weight excluding hydrogens is 416 g/mol. The Balaban J connectivity index is 1.44. The van der Waals surface area contributed by atoms with E-state index in [2.05, 4.69) is 94.5 Å². The van der Waals surface area contributed by atoms with Crippen LogP contribution >= 0.6 is 0 Å². The molecule has 1 heterocycles. The van der Waals surface area contributed by atoms with Crippen LogP contribution in [0.2, 0.25) is 0 Å². The van der Waals surface area contributed by atoms with Gasteiger partial charge in [-0.15, -0.1) is 0 Å². The Morgan fingerprint density at radius 3 is 1.94 bits per heavy atom. The van der Waals surface area contributed by atoms with Crippen LogP contribution in [0.5, 0.6) is 0 Å². The number of aromatic nitrogens is 1. The first kappa shape index (κ1) is 22.1. The number of aliphatic hydroxyl groups excluding tert-OH is 1. The van der Waals surface area contributed by atoms with E-state index < -0.39 is 6.10 Å². The van der Waals surface area contributed by atoms with Crippen molar-refractivity contribution in [2.75, 3.05) is 6.54 Å². The Hall–Kier alpha value is -3.66. The van der Waals surface area contributed by atoms with Gasteiger partial charge < -0.3 is 9.67 Å². The maximum absolute atomic E-state index is 11.0. The standard InChI is InChI=1S/C31H30N2O/c34-31(27-16-8-3-9-17-27)24-32(20-25-12-4-1-5-13-25)22-28-23-33(21-26-14-6-2-7-15-26)30-19-11-10-18-29(28)30/h1-19,23,31,34H,20-22,24H2. The van der Waals surface area contributed by atoms with E-state index in [9.17, 15) is 5.11 Å². The zero-order valence-electron chi connectivity index (χ0n) is 19.3. The van der Waals surface area contributed by atoms with Gasteiger partial charge in [0, 0.05) is 43.3 Å². The second-order valence-corrected chi connectivity index (χ2v) is 8.87. The lowest BCUT2D eigenvalue weighted by atomic mass is 10.1. The van der Waals surface area contributed by atoms with Crippen molar-refractivity contribution in [2.45, 2.75) is 25.7 Å². The highest BCUT2D eigenvalue weighted by Crippen LogP contribution is 2.26. The summed E-state index contributed by atoms with van der Waals surface area (Å²) in [6.07, 6.45) is 1.74. The van der Waals surface area contributed by atoms with Crippen LogP contribution in [0.3, 0.4) is 0 Å². The molecule has 1 atom stereocenters. The minimum atomic E-state index is -0.539. The van der Waals surface area contributed by atoms with Gasteiger partial charge in [-0.05, 0) is 28.3 Å². The first-order chi connectivity index (χ1) is 16.8. The molecule has 3 heteroatoms. The Kier molecular flexibility index (Phi) is 6.85. The predicted octanol–water partition coefficient (Wildman–Crippen LogP) is 6.43. The van der Waals surface area contributed by atoms with Gasteiger partial charge in [0.2, 0.25) is 0 Å². The summed E-state index contributed by atoms with van der Waals surface area (Å²) in [5.74, 6) is 0. The van der Waals surface area contributed by atoms with Crippen LogP contribution in [-0.2, 0) is 19.6 Å². The highest BCUT2D eigenvalue weighted by Gasteiger charge is 2.17. The first-order valence-electron chi connectivity index (χ1n) is 11.9. The molecule has 34 heavy (non-hydrogen) atoms. The molecule has 4 aromatic carbocycles. The molecule has 3 nitrogen and oxygen atoms in total. The molecule has 0 radical (unpaired) electrons. The van der Waals surface area contributed by atoms with Crippen molar-refractivity contribution in [3.63, 3.8) is 0 Å². The SMILES string of the molecule is OC(CN(Cc1ccccc1)Cc1cn(Cc2ccccc2)c2ccccc12)c1ccccc1. The van der Waals surface area contributed by atoms with Crippen molar-refractivity contribution in [1.29, 1.82) is 0 Å². The number of hydrogen-bond acceptors (Lipinski definition) is 2. The van der Waals surface area contributed by atoms with Gasteiger partial charge in [0.05, 0.1) is 6.10 Å². The number of aliphatic hydroxyl groups is 1. The second kappa shape index (κ2) is 10.5. The predicted molar refractivity (Wildman–Crippen MR) is 139 cm³/mol. The highest BCUT2D eigenvalue weighted by molar-refractivity contribution is 5.84. The third kappa shape index (κ3) is 5.28. The highest BCUT2D eigenvalue weighted by atomic mass is 16.3. The Morgan fingerprint density at radius 2 is 1.24 bits per heavy atom. The van der Waals surface area contributed by atoms with Gasteiger partial charge in [-0.25, -0.2) is 0 Å². The lowest BCUT2D eigenvalue weighted by Crippen LogP contribution is -2.28. The van der Waals surface area contributed by atoms with Crippen molar-refractivity contribution < 1.29 is 5.11 Å². The molecule has 0 saturated carbocycles. The van der Waals surface area contributed by atoms with Crippen LogP contribution in [-0.4, -0.2) is 21.1 Å². The summed E-state index contributed by atoms with van der Waals surface area (Å²) in [4.78, 5) is 2.35. The summed E-state index contributed by atoms with van der Waals surface area (Å²) in [6, 6.07) is 39.7. The Labute approximate surface area is 201 Å². The van der Waals surface area contributed by atoms with Gasteiger partial charge in [0.25, 0.3) is 0 Å². The third-order valence-electron chi connectivity index (χ3n) is 6.33. The summed E-state index contributed by atoms with van der Waals surface area (Å²) in [5, 5.41) is 12.3. The van der Waals surface area contributed by atoms with E-state index in [1.807, 2.05) is 36.4 Å². The van der Waals surface area contributed by atoms with Crippen LogP contribution in [0.25, 0.3) is 10.9 Å². The number of hydrogen-bond donors (Lipinski definition) is 1. The number of fused-ring (bicyclic) bond motifs is 1. The lowest BCUT2D eigenvalue weighted by Gasteiger charge is -2.25. The van der Waals surface area contributed by atoms with E-state index in [0.717, 1.165) is 25.2 Å². The molecule has 5 rings (SSSR count). The largest absolute Gasteiger partial charge is 0.387 e. The normalized spacial score (nSPS) is 12.3. The molecule has 170 valence electrons. The van der Waals surface area contributed by atoms with Crippen molar-refractivity contribution in [3.05, 3.63) is 144 Å². The van der Waals surface area contributed by atoms with Crippen LogP contribution in [0.4, 0.5) is 0 Å². The molecule has 0 bridgehead atoms. The maximum Gasteiger partial charge on any atom is 0.0917 e. The average molecular weight is 447 g/mol. The van der Waals surface area contributed by atoms with Crippen molar-refractivity contribution in [1.82, 2.24) is 9.47 Å². The van der Waals surface area contributed by atoms with E-state index in [4.69, 9.17) is 0 Å². The van der Waals surface area contributed by atoms with Crippen LogP contribution < -0.4 is 0 Å². The summed E-state index contributed by atoms with van der Waals surface area (Å²) >= 11 is 0. The third-order valence-corrected chi connectivity index (χ3v) is 6.33. The number of para-hydroxylation sites is 1. The molecule has 0 aliphatic rings. The lowest BCUT2D eigenvalue weighted by molar-refractivity contribution is 0.105. The molecule has 0 aliphatic carbocycles. The van der Waals surface area contributed by atoms with E-state index in [-0.39, 0.29) is 0 Å². The first-order valence-corrected chi connectivity index (χ1v) is 11.9. The molecule has 0 saturated heterocycles. The van der Waals surface area contributed by atoms with Crippen molar-refractivity contribution in [2.24, 2.45) is 0 Å². The number of benzene rings is 4. The van der Waals surface area contributed by atoms with E-state index in [1.165, 1.54) is 27.6 Å². The fourth-order valence-corrected chi connectivity index (χ4v) is 4.65. The zero-order chi connectivity index (χ0) is 23.2. The molecule has 0 fully saturated rings. The molecule has 0 amide bonds. The molecular formula is C31H30N2O. The summed E-state index contributed by atoms with van der Waals surface area (Å²) in [6.45, 7) is 2.95. The van der Waals surface area contributed by atoms with Crippen LogP contribution in [0.1, 0.15) is 28.4 Å². The minimum Gasteiger partial charge on any atom is -0.387 e. The summed E-state index contributed by atoms with van der Waals surface area (Å²) < 4.78 is 2.34. The molecule has 1 aromatic heterocycles. The van der Waals surface area contributed by atoms with E-state index in [1.54, 1.807) is 0 Å². The van der Waals surface area contributed by atoms with Gasteiger partial charge >= 0.3 is 0 Å². The van der Waals surface area contributed by atoms with Gasteiger partial charge in [-0.1, -0.05) is 109 Å². The monoisotopic (exact) mass is 446 g/mol.